The molecule has 0 amide bonds. The lowest BCUT2D eigenvalue weighted by Gasteiger charge is -2.07. The molecule has 0 aromatic heterocycles. The average molecular weight is 299 g/mol. The van der Waals surface area contributed by atoms with Crippen molar-refractivity contribution < 1.29 is 0 Å². The molecule has 3 aromatic rings. The van der Waals surface area contributed by atoms with E-state index >= 15 is 0 Å². The monoisotopic (exact) mass is 299 g/mol. The van der Waals surface area contributed by atoms with Crippen molar-refractivity contribution in [1.82, 2.24) is 5.32 Å². The largest absolute Gasteiger partial charge is 0.312 e. The first kappa shape index (κ1) is 14.2. The van der Waals surface area contributed by atoms with Crippen molar-refractivity contribution in [3.63, 3.8) is 0 Å². The van der Waals surface area contributed by atoms with Crippen molar-refractivity contribution in [1.29, 1.82) is 0 Å². The van der Waals surface area contributed by atoms with Crippen LogP contribution in [-0.4, -0.2) is 6.54 Å². The van der Waals surface area contributed by atoms with Gasteiger partial charge in [0, 0.05) is 6.54 Å². The number of benzene rings is 3. The van der Waals surface area contributed by atoms with Crippen LogP contribution in [-0.2, 0) is 19.4 Å². The van der Waals surface area contributed by atoms with Crippen LogP contribution in [0.1, 0.15) is 22.3 Å². The van der Waals surface area contributed by atoms with Crippen molar-refractivity contribution in [2.24, 2.45) is 0 Å². The topological polar surface area (TPSA) is 12.0 Å². The normalized spacial score (nSPS) is 12.0. The summed E-state index contributed by atoms with van der Waals surface area (Å²) in [6, 6.07) is 26.3. The fourth-order valence-electron chi connectivity index (χ4n) is 3.42. The van der Waals surface area contributed by atoms with Crippen molar-refractivity contribution in [3.05, 3.63) is 95.1 Å². The standard InChI is InChI=1S/C22H21N/c1-2-6-17(7-3-1)12-13-23-16-18-10-11-22-20(14-18)15-19-8-4-5-9-21(19)22/h1-11,14,23H,12-13,15-16H2. The van der Waals surface area contributed by atoms with E-state index in [9.17, 15) is 0 Å². The maximum absolute atomic E-state index is 3.56. The van der Waals surface area contributed by atoms with Crippen LogP contribution < -0.4 is 5.32 Å². The molecule has 0 radical (unpaired) electrons. The number of fused-ring (bicyclic) bond motifs is 3. The third-order valence-corrected chi connectivity index (χ3v) is 4.62. The zero-order chi connectivity index (χ0) is 15.5. The molecule has 1 N–H and O–H groups in total. The molecule has 0 heterocycles. The second-order valence-electron chi connectivity index (χ2n) is 6.24. The van der Waals surface area contributed by atoms with Crippen LogP contribution in [0.25, 0.3) is 11.1 Å². The summed E-state index contributed by atoms with van der Waals surface area (Å²) in [6.07, 6.45) is 2.15. The molecule has 0 saturated carbocycles. The highest BCUT2D eigenvalue weighted by Crippen LogP contribution is 2.36. The van der Waals surface area contributed by atoms with E-state index in [1.54, 1.807) is 0 Å². The summed E-state index contributed by atoms with van der Waals surface area (Å²) in [4.78, 5) is 0. The highest BCUT2D eigenvalue weighted by Gasteiger charge is 2.17. The van der Waals surface area contributed by atoms with E-state index in [0.717, 1.165) is 25.9 Å². The van der Waals surface area contributed by atoms with E-state index < -0.39 is 0 Å². The van der Waals surface area contributed by atoms with Gasteiger partial charge in [0.15, 0.2) is 0 Å². The maximum atomic E-state index is 3.56. The van der Waals surface area contributed by atoms with Gasteiger partial charge in [0.25, 0.3) is 0 Å². The molecular formula is C22H21N. The van der Waals surface area contributed by atoms with E-state index in [-0.39, 0.29) is 0 Å². The van der Waals surface area contributed by atoms with Crippen molar-refractivity contribution in [2.75, 3.05) is 6.54 Å². The Bertz CT molecular complexity index is 805. The zero-order valence-electron chi connectivity index (χ0n) is 13.3. The molecule has 0 saturated heterocycles. The molecule has 114 valence electrons. The van der Waals surface area contributed by atoms with Crippen LogP contribution in [0.2, 0.25) is 0 Å². The molecule has 0 unspecified atom stereocenters. The average Bonchev–Trinajstić information content (AvgIpc) is 2.97. The van der Waals surface area contributed by atoms with E-state index in [1.165, 1.54) is 33.4 Å². The van der Waals surface area contributed by atoms with Gasteiger partial charge in [0.1, 0.15) is 0 Å². The zero-order valence-corrected chi connectivity index (χ0v) is 13.3. The summed E-state index contributed by atoms with van der Waals surface area (Å²) >= 11 is 0. The molecule has 4 rings (SSSR count). The van der Waals surface area contributed by atoms with Gasteiger partial charge in [-0.2, -0.15) is 0 Å². The van der Waals surface area contributed by atoms with Gasteiger partial charge in [-0.25, -0.2) is 0 Å². The van der Waals surface area contributed by atoms with Crippen LogP contribution >= 0.6 is 0 Å². The van der Waals surface area contributed by atoms with Gasteiger partial charge in [0.05, 0.1) is 0 Å². The molecule has 0 aliphatic heterocycles. The number of hydrogen-bond donors (Lipinski definition) is 1. The lowest BCUT2D eigenvalue weighted by molar-refractivity contribution is 0.686. The second-order valence-corrected chi connectivity index (χ2v) is 6.24. The van der Waals surface area contributed by atoms with E-state index in [0.29, 0.717) is 0 Å². The lowest BCUT2D eigenvalue weighted by Crippen LogP contribution is -2.16. The molecular weight excluding hydrogens is 278 g/mol. The minimum absolute atomic E-state index is 0.941. The maximum Gasteiger partial charge on any atom is 0.0205 e. The summed E-state index contributed by atoms with van der Waals surface area (Å²) in [5, 5.41) is 3.56. The SMILES string of the molecule is c1ccc(CCNCc2ccc3c(c2)Cc2ccccc2-3)cc1. The molecule has 1 heteroatoms. The Morgan fingerprint density at radius 3 is 2.39 bits per heavy atom. The summed E-state index contributed by atoms with van der Waals surface area (Å²) in [5.41, 5.74) is 8.51. The number of hydrogen-bond acceptors (Lipinski definition) is 1. The van der Waals surface area contributed by atoms with E-state index in [2.05, 4.69) is 78.1 Å². The van der Waals surface area contributed by atoms with Gasteiger partial charge in [-0.3, -0.25) is 0 Å². The Kier molecular flexibility index (Phi) is 3.95. The molecule has 1 aliphatic rings. The quantitative estimate of drug-likeness (QED) is 0.531. The first-order valence-corrected chi connectivity index (χ1v) is 8.35. The fraction of sp³-hybridized carbons (Fsp3) is 0.182. The van der Waals surface area contributed by atoms with E-state index in [1.807, 2.05) is 0 Å². The molecule has 1 nitrogen and oxygen atoms in total. The summed E-state index contributed by atoms with van der Waals surface area (Å²) in [7, 11) is 0. The highest BCUT2D eigenvalue weighted by atomic mass is 14.8. The van der Waals surface area contributed by atoms with Gasteiger partial charge in [-0.05, 0) is 52.8 Å². The Labute approximate surface area is 138 Å². The van der Waals surface area contributed by atoms with Crippen LogP contribution in [0, 0.1) is 0 Å². The van der Waals surface area contributed by atoms with Gasteiger partial charge >= 0.3 is 0 Å². The second kappa shape index (κ2) is 6.39. The molecule has 0 spiro atoms. The van der Waals surface area contributed by atoms with Crippen molar-refractivity contribution >= 4 is 0 Å². The van der Waals surface area contributed by atoms with E-state index in [4.69, 9.17) is 0 Å². The first-order chi connectivity index (χ1) is 11.4. The molecule has 3 aromatic carbocycles. The molecule has 0 bridgehead atoms. The van der Waals surface area contributed by atoms with Crippen molar-refractivity contribution in [2.45, 2.75) is 19.4 Å². The van der Waals surface area contributed by atoms with Gasteiger partial charge in [-0.1, -0.05) is 72.8 Å². The van der Waals surface area contributed by atoms with Gasteiger partial charge in [-0.15, -0.1) is 0 Å². The first-order valence-electron chi connectivity index (χ1n) is 8.35. The highest BCUT2D eigenvalue weighted by molar-refractivity contribution is 5.76. The third-order valence-electron chi connectivity index (χ3n) is 4.62. The predicted molar refractivity (Wildman–Crippen MR) is 96.5 cm³/mol. The number of nitrogens with one attached hydrogen (secondary N) is 1. The van der Waals surface area contributed by atoms with Crippen LogP contribution in [0.3, 0.4) is 0 Å². The minimum atomic E-state index is 0.941. The summed E-state index contributed by atoms with van der Waals surface area (Å²) in [6.45, 7) is 1.96. The van der Waals surface area contributed by atoms with Gasteiger partial charge in [0.2, 0.25) is 0 Å². The Morgan fingerprint density at radius 1 is 0.696 bits per heavy atom. The predicted octanol–water partition coefficient (Wildman–Crippen LogP) is 4.59. The summed E-state index contributed by atoms with van der Waals surface area (Å²) in [5.74, 6) is 0. The Hall–Kier alpha value is -2.38. The van der Waals surface area contributed by atoms with Crippen LogP contribution in [0.5, 0.6) is 0 Å². The van der Waals surface area contributed by atoms with Gasteiger partial charge < -0.3 is 5.32 Å². The lowest BCUT2D eigenvalue weighted by atomic mass is 10.0. The van der Waals surface area contributed by atoms with Crippen LogP contribution in [0.15, 0.2) is 72.8 Å². The van der Waals surface area contributed by atoms with Crippen molar-refractivity contribution in [3.8, 4) is 11.1 Å². The summed E-state index contributed by atoms with van der Waals surface area (Å²) < 4.78 is 0. The molecule has 23 heavy (non-hydrogen) atoms. The number of rotatable bonds is 5. The fourth-order valence-corrected chi connectivity index (χ4v) is 3.42. The minimum Gasteiger partial charge on any atom is -0.312 e. The van der Waals surface area contributed by atoms with Crippen LogP contribution in [0.4, 0.5) is 0 Å². The molecule has 0 atom stereocenters. The molecule has 1 aliphatic carbocycles. The third kappa shape index (κ3) is 3.06. The Morgan fingerprint density at radius 2 is 1.48 bits per heavy atom. The molecule has 0 fully saturated rings. The Balaban J connectivity index is 1.37. The smallest absolute Gasteiger partial charge is 0.0205 e.